The van der Waals surface area contributed by atoms with E-state index < -0.39 is 0 Å². The van der Waals surface area contributed by atoms with Crippen LogP contribution in [0.5, 0.6) is 0 Å². The average Bonchev–Trinajstić information content (AvgIpc) is 3.64. The van der Waals surface area contributed by atoms with Crippen molar-refractivity contribution in [3.05, 3.63) is 146 Å². The third kappa shape index (κ3) is 3.91. The van der Waals surface area contributed by atoms with Gasteiger partial charge in [0.1, 0.15) is 11.2 Å². The molecule has 0 aliphatic carbocycles. The molecule has 5 nitrogen and oxygen atoms in total. The monoisotopic (exact) mass is 564 g/mol. The van der Waals surface area contributed by atoms with Crippen molar-refractivity contribution in [2.45, 2.75) is 0 Å². The van der Waals surface area contributed by atoms with Crippen LogP contribution in [0.1, 0.15) is 0 Å². The second-order valence-electron chi connectivity index (χ2n) is 10.9. The second-order valence-corrected chi connectivity index (χ2v) is 10.9. The number of para-hydroxylation sites is 3. The molecule has 0 aliphatic rings. The lowest BCUT2D eigenvalue weighted by Gasteiger charge is -2.11. The summed E-state index contributed by atoms with van der Waals surface area (Å²) in [6.45, 7) is 0. The van der Waals surface area contributed by atoms with Crippen molar-refractivity contribution >= 4 is 43.7 Å². The maximum Gasteiger partial charge on any atom is 0.238 e. The smallest absolute Gasteiger partial charge is 0.238 e. The van der Waals surface area contributed by atoms with Crippen molar-refractivity contribution in [1.29, 1.82) is 0 Å². The number of hydrogen-bond acceptors (Lipinski definition) is 4. The average molecular weight is 565 g/mol. The third-order valence-corrected chi connectivity index (χ3v) is 8.29. The van der Waals surface area contributed by atoms with E-state index in [4.69, 9.17) is 19.4 Å². The van der Waals surface area contributed by atoms with E-state index in [1.807, 2.05) is 30.3 Å². The van der Waals surface area contributed by atoms with Crippen LogP contribution >= 0.6 is 0 Å². The van der Waals surface area contributed by atoms with E-state index >= 15 is 0 Å². The molecule has 206 valence electrons. The molecule has 0 radical (unpaired) electrons. The van der Waals surface area contributed by atoms with Crippen molar-refractivity contribution < 1.29 is 4.42 Å². The van der Waals surface area contributed by atoms with Gasteiger partial charge < -0.3 is 4.42 Å². The molecular formula is C39H24N4O. The first kappa shape index (κ1) is 24.5. The van der Waals surface area contributed by atoms with E-state index in [1.165, 1.54) is 5.56 Å². The van der Waals surface area contributed by atoms with E-state index in [2.05, 4.69) is 120 Å². The van der Waals surface area contributed by atoms with Gasteiger partial charge in [-0.05, 0) is 41.5 Å². The quantitative estimate of drug-likeness (QED) is 0.213. The van der Waals surface area contributed by atoms with Crippen LogP contribution in [0.25, 0.3) is 83.6 Å². The highest BCUT2D eigenvalue weighted by Crippen LogP contribution is 2.34. The molecule has 0 aliphatic heterocycles. The summed E-state index contributed by atoms with van der Waals surface area (Å²) in [7, 11) is 0. The van der Waals surface area contributed by atoms with E-state index in [1.54, 1.807) is 0 Å². The van der Waals surface area contributed by atoms with Gasteiger partial charge in [0.25, 0.3) is 0 Å². The Labute approximate surface area is 252 Å². The molecule has 0 spiro atoms. The summed E-state index contributed by atoms with van der Waals surface area (Å²) >= 11 is 0. The minimum Gasteiger partial charge on any atom is -0.456 e. The van der Waals surface area contributed by atoms with Gasteiger partial charge in [0.2, 0.25) is 5.95 Å². The highest BCUT2D eigenvalue weighted by atomic mass is 16.3. The topological polar surface area (TPSA) is 56.7 Å². The first-order valence-electron chi connectivity index (χ1n) is 14.6. The van der Waals surface area contributed by atoms with Crippen molar-refractivity contribution in [1.82, 2.24) is 19.5 Å². The molecular weight excluding hydrogens is 540 g/mol. The van der Waals surface area contributed by atoms with E-state index in [9.17, 15) is 0 Å². The largest absolute Gasteiger partial charge is 0.456 e. The highest BCUT2D eigenvalue weighted by Gasteiger charge is 2.18. The van der Waals surface area contributed by atoms with Crippen LogP contribution in [0, 0.1) is 0 Å². The molecule has 0 amide bonds. The summed E-state index contributed by atoms with van der Waals surface area (Å²) in [5.41, 5.74) is 7.84. The number of nitrogens with zero attached hydrogens (tertiary/aromatic N) is 4. The summed E-state index contributed by atoms with van der Waals surface area (Å²) in [6, 6.07) is 49.8. The summed E-state index contributed by atoms with van der Waals surface area (Å²) in [4.78, 5) is 15.2. The Morgan fingerprint density at radius 1 is 0.386 bits per heavy atom. The SMILES string of the molecule is c1ccc(-c2ccc(-c3nc(-c4ccc5c(c4)oc4ccccc45)nc(-n4c5ccccc5c5ccccc54)n3)cc2)cc1. The van der Waals surface area contributed by atoms with Gasteiger partial charge in [-0.3, -0.25) is 4.57 Å². The molecule has 6 aromatic carbocycles. The zero-order valence-electron chi connectivity index (χ0n) is 23.6. The van der Waals surface area contributed by atoms with Gasteiger partial charge in [-0.25, -0.2) is 4.98 Å². The molecule has 0 atom stereocenters. The highest BCUT2D eigenvalue weighted by molar-refractivity contribution is 6.09. The summed E-state index contributed by atoms with van der Waals surface area (Å²) in [5, 5.41) is 4.47. The Morgan fingerprint density at radius 3 is 1.64 bits per heavy atom. The molecule has 0 saturated heterocycles. The third-order valence-electron chi connectivity index (χ3n) is 8.29. The van der Waals surface area contributed by atoms with Crippen LogP contribution in [0.4, 0.5) is 0 Å². The number of rotatable bonds is 4. The standard InChI is InChI=1S/C39H24N4O/c1-2-10-25(11-3-1)26-18-20-27(21-19-26)37-40-38(28-22-23-32-31-14-6-9-17-35(31)44-36(32)24-28)42-39(41-37)43-33-15-7-4-12-29(33)30-13-5-8-16-34(30)43/h1-24H. The van der Waals surface area contributed by atoms with Crippen LogP contribution in [0.3, 0.4) is 0 Å². The van der Waals surface area contributed by atoms with E-state index in [0.717, 1.165) is 60.4 Å². The Morgan fingerprint density at radius 2 is 0.909 bits per heavy atom. The van der Waals surface area contributed by atoms with Crippen molar-refractivity contribution in [3.8, 4) is 39.9 Å². The van der Waals surface area contributed by atoms with Gasteiger partial charge in [-0.1, -0.05) is 115 Å². The minimum absolute atomic E-state index is 0.569. The van der Waals surface area contributed by atoms with Crippen LogP contribution in [-0.2, 0) is 0 Å². The predicted molar refractivity (Wildman–Crippen MR) is 178 cm³/mol. The Hall–Kier alpha value is -6.07. The molecule has 5 heteroatoms. The molecule has 0 saturated carbocycles. The number of hydrogen-bond donors (Lipinski definition) is 0. The Kier molecular flexibility index (Phi) is 5.43. The van der Waals surface area contributed by atoms with E-state index in [0.29, 0.717) is 17.6 Å². The van der Waals surface area contributed by atoms with Gasteiger partial charge in [0.05, 0.1) is 11.0 Å². The summed E-state index contributed by atoms with van der Waals surface area (Å²) in [5.74, 6) is 1.76. The summed E-state index contributed by atoms with van der Waals surface area (Å²) in [6.07, 6.45) is 0. The van der Waals surface area contributed by atoms with Crippen molar-refractivity contribution in [2.75, 3.05) is 0 Å². The zero-order valence-corrected chi connectivity index (χ0v) is 23.6. The minimum atomic E-state index is 0.569. The predicted octanol–water partition coefficient (Wildman–Crippen LogP) is 9.87. The van der Waals surface area contributed by atoms with Gasteiger partial charge in [-0.2, -0.15) is 9.97 Å². The van der Waals surface area contributed by atoms with Crippen LogP contribution < -0.4 is 0 Å². The number of fused-ring (bicyclic) bond motifs is 6. The summed E-state index contributed by atoms with van der Waals surface area (Å²) < 4.78 is 8.36. The first-order valence-corrected chi connectivity index (χ1v) is 14.6. The second kappa shape index (κ2) is 9.75. The molecule has 0 fully saturated rings. The van der Waals surface area contributed by atoms with Crippen LogP contribution in [-0.4, -0.2) is 19.5 Å². The molecule has 3 aromatic heterocycles. The van der Waals surface area contributed by atoms with E-state index in [-0.39, 0.29) is 0 Å². The van der Waals surface area contributed by atoms with Gasteiger partial charge >= 0.3 is 0 Å². The number of benzene rings is 6. The van der Waals surface area contributed by atoms with Crippen molar-refractivity contribution in [3.63, 3.8) is 0 Å². The maximum absolute atomic E-state index is 6.23. The van der Waals surface area contributed by atoms with Gasteiger partial charge in [-0.15, -0.1) is 0 Å². The van der Waals surface area contributed by atoms with Gasteiger partial charge in [0, 0.05) is 32.7 Å². The van der Waals surface area contributed by atoms with Gasteiger partial charge in [0.15, 0.2) is 11.6 Å². The number of furan rings is 1. The molecule has 0 N–H and O–H groups in total. The Bertz CT molecular complexity index is 2440. The van der Waals surface area contributed by atoms with Crippen LogP contribution in [0.2, 0.25) is 0 Å². The fourth-order valence-corrected chi connectivity index (χ4v) is 6.17. The lowest BCUT2D eigenvalue weighted by Crippen LogP contribution is -2.06. The maximum atomic E-state index is 6.23. The fraction of sp³-hybridized carbons (Fsp3) is 0. The van der Waals surface area contributed by atoms with Crippen LogP contribution in [0.15, 0.2) is 150 Å². The first-order chi connectivity index (χ1) is 21.8. The normalized spacial score (nSPS) is 11.6. The molecule has 0 unspecified atom stereocenters. The zero-order chi connectivity index (χ0) is 29.0. The molecule has 9 aromatic rings. The fourth-order valence-electron chi connectivity index (χ4n) is 6.17. The van der Waals surface area contributed by atoms with Crippen molar-refractivity contribution in [2.24, 2.45) is 0 Å². The molecule has 9 rings (SSSR count). The lowest BCUT2D eigenvalue weighted by molar-refractivity contribution is 0.669. The Balaban J connectivity index is 1.27. The lowest BCUT2D eigenvalue weighted by atomic mass is 10.0. The number of aromatic nitrogens is 4. The molecule has 0 bridgehead atoms. The molecule has 44 heavy (non-hydrogen) atoms. The molecule has 3 heterocycles.